The summed E-state index contributed by atoms with van der Waals surface area (Å²) in [6.45, 7) is 0. The molecule has 0 saturated carbocycles. The predicted octanol–water partition coefficient (Wildman–Crippen LogP) is 2.42. The van der Waals surface area contributed by atoms with Crippen LogP contribution in [-0.2, 0) is 0 Å². The van der Waals surface area contributed by atoms with Crippen LogP contribution in [0.2, 0.25) is 0 Å². The Labute approximate surface area is 84.6 Å². The maximum atomic E-state index is 8.60. The number of rotatable bonds is 1. The first kappa shape index (κ1) is 9.02. The van der Waals surface area contributed by atoms with E-state index >= 15 is 0 Å². The topological polar surface area (TPSA) is 47.6 Å². The third-order valence-electron chi connectivity index (χ3n) is 1.44. The van der Waals surface area contributed by atoms with E-state index in [-0.39, 0.29) is 0 Å². The highest BCUT2D eigenvalue weighted by Gasteiger charge is 2.07. The van der Waals surface area contributed by atoms with Crippen LogP contribution in [0, 0.1) is 26.2 Å². The molecule has 0 fully saturated rings. The third-order valence-corrected chi connectivity index (χ3v) is 2.11. The van der Waals surface area contributed by atoms with Gasteiger partial charge in [-0.25, -0.2) is 0 Å². The fourth-order valence-electron chi connectivity index (χ4n) is 0.864. The maximum absolute atomic E-state index is 8.60. The van der Waals surface area contributed by atoms with Gasteiger partial charge in [-0.15, -0.1) is 0 Å². The van der Waals surface area contributed by atoms with E-state index in [1.165, 1.54) is 0 Å². The SMILES string of the molecule is N#CC(C#N)c1cccc(I)c1. The number of benzene rings is 1. The molecule has 0 bridgehead atoms. The summed E-state index contributed by atoms with van der Waals surface area (Å²) in [6.07, 6.45) is 0. The molecule has 0 N–H and O–H groups in total. The Hall–Kier alpha value is -1.07. The van der Waals surface area contributed by atoms with E-state index in [2.05, 4.69) is 22.6 Å². The van der Waals surface area contributed by atoms with E-state index in [1.54, 1.807) is 6.07 Å². The molecule has 58 valence electrons. The number of halogens is 1. The maximum Gasteiger partial charge on any atom is 0.158 e. The van der Waals surface area contributed by atoms with Crippen molar-refractivity contribution in [3.8, 4) is 12.1 Å². The minimum absolute atomic E-state index is 0.639. The molecule has 0 aliphatic heterocycles. The van der Waals surface area contributed by atoms with E-state index < -0.39 is 5.92 Å². The zero-order chi connectivity index (χ0) is 8.97. The van der Waals surface area contributed by atoms with Crippen LogP contribution in [0.1, 0.15) is 11.5 Å². The van der Waals surface area contributed by atoms with Gasteiger partial charge in [0, 0.05) is 3.57 Å². The van der Waals surface area contributed by atoms with Gasteiger partial charge in [0.15, 0.2) is 5.92 Å². The van der Waals surface area contributed by atoms with Crippen LogP contribution in [0.25, 0.3) is 0 Å². The summed E-state index contributed by atoms with van der Waals surface area (Å²) in [7, 11) is 0. The van der Waals surface area contributed by atoms with Gasteiger partial charge in [-0.05, 0) is 40.3 Å². The third kappa shape index (κ3) is 1.96. The molecule has 3 heteroatoms. The smallest absolute Gasteiger partial charge is 0.158 e. The number of hydrogen-bond donors (Lipinski definition) is 0. The average molecular weight is 268 g/mol. The summed E-state index contributed by atoms with van der Waals surface area (Å²) in [4.78, 5) is 0. The Bertz CT molecular complexity index is 346. The summed E-state index contributed by atoms with van der Waals surface area (Å²) >= 11 is 2.15. The fourth-order valence-corrected chi connectivity index (χ4v) is 1.43. The predicted molar refractivity (Wildman–Crippen MR) is 53.1 cm³/mol. The molecule has 2 nitrogen and oxygen atoms in total. The lowest BCUT2D eigenvalue weighted by Gasteiger charge is -1.99. The molecular formula is C9H5IN2. The van der Waals surface area contributed by atoms with E-state index in [9.17, 15) is 0 Å². The second kappa shape index (κ2) is 4.08. The van der Waals surface area contributed by atoms with Crippen LogP contribution in [0.5, 0.6) is 0 Å². The summed E-state index contributed by atoms with van der Waals surface area (Å²) in [6, 6.07) is 11.3. The zero-order valence-corrected chi connectivity index (χ0v) is 8.32. The second-order valence-electron chi connectivity index (χ2n) is 2.25. The Morgan fingerprint density at radius 1 is 1.25 bits per heavy atom. The number of hydrogen-bond acceptors (Lipinski definition) is 2. The van der Waals surface area contributed by atoms with Crippen LogP contribution in [0.3, 0.4) is 0 Å². The molecule has 12 heavy (non-hydrogen) atoms. The van der Waals surface area contributed by atoms with Crippen molar-refractivity contribution in [3.63, 3.8) is 0 Å². The quantitative estimate of drug-likeness (QED) is 0.734. The highest BCUT2D eigenvalue weighted by molar-refractivity contribution is 14.1. The van der Waals surface area contributed by atoms with Gasteiger partial charge in [-0.1, -0.05) is 12.1 Å². The molecular weight excluding hydrogens is 263 g/mol. The van der Waals surface area contributed by atoms with Gasteiger partial charge in [0.2, 0.25) is 0 Å². The Morgan fingerprint density at radius 3 is 2.42 bits per heavy atom. The van der Waals surface area contributed by atoms with Gasteiger partial charge < -0.3 is 0 Å². The van der Waals surface area contributed by atoms with E-state index in [1.807, 2.05) is 30.3 Å². The molecule has 0 unspecified atom stereocenters. The van der Waals surface area contributed by atoms with Crippen molar-refractivity contribution in [2.75, 3.05) is 0 Å². The van der Waals surface area contributed by atoms with Gasteiger partial charge in [-0.2, -0.15) is 10.5 Å². The number of nitriles is 2. The van der Waals surface area contributed by atoms with Gasteiger partial charge >= 0.3 is 0 Å². The van der Waals surface area contributed by atoms with Crippen LogP contribution in [-0.4, -0.2) is 0 Å². The lowest BCUT2D eigenvalue weighted by molar-refractivity contribution is 1.10. The van der Waals surface area contributed by atoms with Gasteiger partial charge in [0.05, 0.1) is 12.1 Å². The molecule has 0 atom stereocenters. The monoisotopic (exact) mass is 268 g/mol. The van der Waals surface area contributed by atoms with Gasteiger partial charge in [-0.3, -0.25) is 0 Å². The van der Waals surface area contributed by atoms with Crippen LogP contribution >= 0.6 is 22.6 Å². The minimum atomic E-state index is -0.639. The van der Waals surface area contributed by atoms with Crippen molar-refractivity contribution < 1.29 is 0 Å². The summed E-state index contributed by atoms with van der Waals surface area (Å²) in [5.74, 6) is -0.639. The average Bonchev–Trinajstić information content (AvgIpc) is 2.07. The van der Waals surface area contributed by atoms with Crippen molar-refractivity contribution in [1.29, 1.82) is 10.5 Å². The van der Waals surface area contributed by atoms with Gasteiger partial charge in [0.1, 0.15) is 0 Å². The Morgan fingerprint density at radius 2 is 1.92 bits per heavy atom. The van der Waals surface area contributed by atoms with Crippen LogP contribution < -0.4 is 0 Å². The van der Waals surface area contributed by atoms with Crippen molar-refractivity contribution in [1.82, 2.24) is 0 Å². The molecule has 1 aromatic rings. The standard InChI is InChI=1S/C9H5IN2/c10-9-3-1-2-7(4-9)8(5-11)6-12/h1-4,8H. The summed E-state index contributed by atoms with van der Waals surface area (Å²) < 4.78 is 1.04. The van der Waals surface area contributed by atoms with Crippen molar-refractivity contribution in [3.05, 3.63) is 33.4 Å². The molecule has 0 aliphatic rings. The Kier molecular flexibility index (Phi) is 3.07. The minimum Gasteiger partial charge on any atom is -0.196 e. The van der Waals surface area contributed by atoms with Crippen molar-refractivity contribution >= 4 is 22.6 Å². The van der Waals surface area contributed by atoms with E-state index in [0.29, 0.717) is 0 Å². The lowest BCUT2D eigenvalue weighted by atomic mass is 10.0. The number of nitrogens with zero attached hydrogens (tertiary/aromatic N) is 2. The largest absolute Gasteiger partial charge is 0.196 e. The summed E-state index contributed by atoms with van der Waals surface area (Å²) in [5, 5.41) is 17.2. The zero-order valence-electron chi connectivity index (χ0n) is 6.16. The van der Waals surface area contributed by atoms with E-state index in [0.717, 1.165) is 9.13 Å². The first-order chi connectivity index (χ1) is 5.77. The summed E-state index contributed by atoms with van der Waals surface area (Å²) in [5.41, 5.74) is 0.770. The second-order valence-corrected chi connectivity index (χ2v) is 3.49. The molecule has 0 heterocycles. The molecule has 1 rings (SSSR count). The molecule has 0 spiro atoms. The highest BCUT2D eigenvalue weighted by atomic mass is 127. The molecule has 0 aliphatic carbocycles. The van der Waals surface area contributed by atoms with Crippen LogP contribution in [0.4, 0.5) is 0 Å². The molecule has 0 aromatic heterocycles. The van der Waals surface area contributed by atoms with Crippen molar-refractivity contribution in [2.45, 2.75) is 5.92 Å². The first-order valence-corrected chi connectivity index (χ1v) is 4.40. The molecule has 0 radical (unpaired) electrons. The normalized spacial score (nSPS) is 9.00. The molecule has 0 saturated heterocycles. The lowest BCUT2D eigenvalue weighted by Crippen LogP contribution is -1.91. The van der Waals surface area contributed by atoms with Crippen LogP contribution in [0.15, 0.2) is 24.3 Å². The fraction of sp³-hybridized carbons (Fsp3) is 0.111. The first-order valence-electron chi connectivity index (χ1n) is 3.32. The molecule has 0 amide bonds. The Balaban J connectivity index is 3.06. The molecule has 1 aromatic carbocycles. The van der Waals surface area contributed by atoms with Crippen molar-refractivity contribution in [2.24, 2.45) is 0 Å². The van der Waals surface area contributed by atoms with E-state index in [4.69, 9.17) is 10.5 Å². The van der Waals surface area contributed by atoms with Gasteiger partial charge in [0.25, 0.3) is 0 Å². The highest BCUT2D eigenvalue weighted by Crippen LogP contribution is 2.16.